The number of hydrogen-bond donors (Lipinski definition) is 1. The van der Waals surface area contributed by atoms with Gasteiger partial charge in [-0.1, -0.05) is 30.3 Å². The van der Waals surface area contributed by atoms with Gasteiger partial charge in [-0.05, 0) is 36.8 Å². The molecule has 2 atom stereocenters. The molecule has 136 valence electrons. The fourth-order valence-corrected chi connectivity index (χ4v) is 3.56. The topological polar surface area (TPSA) is 43.0 Å². The molecule has 1 N–H and O–H groups in total. The molecular weight excluding hydrogens is 348 g/mol. The number of ether oxygens (including phenoxy) is 3. The highest BCUT2D eigenvalue weighted by molar-refractivity contribution is 7.80. The van der Waals surface area contributed by atoms with Gasteiger partial charge in [0, 0.05) is 18.3 Å². The molecular formula is C20H22N2O3S. The zero-order valence-corrected chi connectivity index (χ0v) is 15.5. The van der Waals surface area contributed by atoms with Crippen LogP contribution < -0.4 is 14.8 Å². The van der Waals surface area contributed by atoms with Crippen LogP contribution in [0.4, 0.5) is 5.69 Å². The molecule has 2 aliphatic rings. The van der Waals surface area contributed by atoms with Crippen LogP contribution in [0.2, 0.25) is 0 Å². The van der Waals surface area contributed by atoms with Gasteiger partial charge in [0.05, 0.1) is 12.6 Å². The first-order valence-corrected chi connectivity index (χ1v) is 9.26. The van der Waals surface area contributed by atoms with Crippen molar-refractivity contribution in [2.45, 2.75) is 19.1 Å². The second kappa shape index (κ2) is 7.51. The normalized spacial score (nSPS) is 22.0. The van der Waals surface area contributed by atoms with Crippen LogP contribution in [0.1, 0.15) is 18.6 Å². The predicted octanol–water partition coefficient (Wildman–Crippen LogP) is 3.62. The van der Waals surface area contributed by atoms with Gasteiger partial charge in [0.15, 0.2) is 16.6 Å². The van der Waals surface area contributed by atoms with Crippen LogP contribution in [0, 0.1) is 0 Å². The Bertz CT molecular complexity index is 784. The number of rotatable bonds is 2. The van der Waals surface area contributed by atoms with Crippen molar-refractivity contribution in [2.75, 3.05) is 31.6 Å². The minimum Gasteiger partial charge on any atom is -0.486 e. The summed E-state index contributed by atoms with van der Waals surface area (Å²) >= 11 is 5.65. The first-order chi connectivity index (χ1) is 12.7. The minimum absolute atomic E-state index is 0.0139. The molecule has 1 fully saturated rings. The van der Waals surface area contributed by atoms with Gasteiger partial charge in [-0.25, -0.2) is 0 Å². The average molecular weight is 370 g/mol. The van der Waals surface area contributed by atoms with E-state index >= 15 is 0 Å². The largest absolute Gasteiger partial charge is 0.486 e. The number of anilines is 1. The molecule has 0 radical (unpaired) electrons. The lowest BCUT2D eigenvalue weighted by atomic mass is 10.1. The number of fused-ring (bicyclic) bond motifs is 1. The highest BCUT2D eigenvalue weighted by Crippen LogP contribution is 2.33. The van der Waals surface area contributed by atoms with Gasteiger partial charge >= 0.3 is 0 Å². The highest BCUT2D eigenvalue weighted by atomic mass is 32.1. The Morgan fingerprint density at radius 1 is 1.04 bits per heavy atom. The van der Waals surface area contributed by atoms with Gasteiger partial charge in [-0.3, -0.25) is 0 Å². The molecule has 2 heterocycles. The van der Waals surface area contributed by atoms with Crippen molar-refractivity contribution in [3.8, 4) is 11.5 Å². The van der Waals surface area contributed by atoms with Gasteiger partial charge in [0.25, 0.3) is 0 Å². The SMILES string of the molecule is C[C@H]1CN(C(=S)Nc2ccc3c(c2)OCCO3)C[C@@H](c2ccccc2)O1. The second-order valence-electron chi connectivity index (χ2n) is 6.54. The zero-order chi connectivity index (χ0) is 17.9. The molecule has 0 aliphatic carbocycles. The van der Waals surface area contributed by atoms with Crippen molar-refractivity contribution < 1.29 is 14.2 Å². The fourth-order valence-electron chi connectivity index (χ4n) is 3.29. The Morgan fingerprint density at radius 3 is 2.62 bits per heavy atom. The number of thiocarbonyl (C=S) groups is 1. The Balaban J connectivity index is 1.45. The monoisotopic (exact) mass is 370 g/mol. The van der Waals surface area contributed by atoms with Gasteiger partial charge in [-0.2, -0.15) is 0 Å². The summed E-state index contributed by atoms with van der Waals surface area (Å²) in [5.74, 6) is 1.53. The van der Waals surface area contributed by atoms with Gasteiger partial charge in [0.2, 0.25) is 0 Å². The number of benzene rings is 2. The van der Waals surface area contributed by atoms with Crippen LogP contribution in [0.15, 0.2) is 48.5 Å². The molecule has 0 bridgehead atoms. The Labute approximate surface area is 158 Å². The van der Waals surface area contributed by atoms with Crippen molar-refractivity contribution in [1.29, 1.82) is 0 Å². The second-order valence-corrected chi connectivity index (χ2v) is 6.93. The first-order valence-electron chi connectivity index (χ1n) is 8.85. The number of hydrogen-bond acceptors (Lipinski definition) is 4. The molecule has 6 heteroatoms. The Kier molecular flexibility index (Phi) is 4.95. The number of nitrogens with one attached hydrogen (secondary N) is 1. The summed E-state index contributed by atoms with van der Waals surface area (Å²) in [6, 6.07) is 16.1. The van der Waals surface area contributed by atoms with Crippen LogP contribution in [0.25, 0.3) is 0 Å². The van der Waals surface area contributed by atoms with Crippen LogP contribution in [-0.4, -0.2) is 42.4 Å². The first kappa shape index (κ1) is 17.1. The van der Waals surface area contributed by atoms with E-state index in [2.05, 4.69) is 29.3 Å². The summed E-state index contributed by atoms with van der Waals surface area (Å²) in [4.78, 5) is 2.16. The van der Waals surface area contributed by atoms with Crippen LogP contribution in [-0.2, 0) is 4.74 Å². The van der Waals surface area contributed by atoms with Crippen LogP contribution in [0.3, 0.4) is 0 Å². The minimum atomic E-state index is 0.0139. The van der Waals surface area contributed by atoms with Crippen LogP contribution in [0.5, 0.6) is 11.5 Å². The molecule has 1 saturated heterocycles. The molecule has 0 unspecified atom stereocenters. The number of morpholine rings is 1. The van der Waals surface area contributed by atoms with Crippen molar-refractivity contribution in [3.05, 3.63) is 54.1 Å². The van der Waals surface area contributed by atoms with E-state index in [-0.39, 0.29) is 12.2 Å². The fraction of sp³-hybridized carbons (Fsp3) is 0.350. The molecule has 5 nitrogen and oxygen atoms in total. The van der Waals surface area contributed by atoms with E-state index < -0.39 is 0 Å². The van der Waals surface area contributed by atoms with E-state index in [9.17, 15) is 0 Å². The summed E-state index contributed by atoms with van der Waals surface area (Å²) < 4.78 is 17.3. The van der Waals surface area contributed by atoms with Crippen molar-refractivity contribution in [1.82, 2.24) is 4.90 Å². The molecule has 0 aromatic heterocycles. The Hall–Kier alpha value is -2.31. The standard InChI is InChI=1S/C20H22N2O3S/c1-14-12-22(13-19(25-14)15-5-3-2-4-6-15)20(26)21-16-7-8-17-18(11-16)24-10-9-23-17/h2-8,11,14,19H,9-10,12-13H2,1H3,(H,21,26)/t14-,19-/m0/s1. The van der Waals surface area contributed by atoms with Gasteiger partial charge in [-0.15, -0.1) is 0 Å². The third-order valence-electron chi connectivity index (χ3n) is 4.51. The van der Waals surface area contributed by atoms with E-state index in [1.54, 1.807) is 0 Å². The van der Waals surface area contributed by atoms with E-state index in [1.165, 1.54) is 5.56 Å². The molecule has 0 amide bonds. The molecule has 0 saturated carbocycles. The average Bonchev–Trinajstić information content (AvgIpc) is 2.68. The Morgan fingerprint density at radius 2 is 1.81 bits per heavy atom. The summed E-state index contributed by atoms with van der Waals surface area (Å²) in [6.45, 7) is 4.73. The van der Waals surface area contributed by atoms with Crippen molar-refractivity contribution >= 4 is 23.0 Å². The molecule has 2 aromatic carbocycles. The smallest absolute Gasteiger partial charge is 0.173 e. The molecule has 4 rings (SSSR count). The zero-order valence-electron chi connectivity index (χ0n) is 14.7. The summed E-state index contributed by atoms with van der Waals surface area (Å²) in [6.07, 6.45) is 0.119. The van der Waals surface area contributed by atoms with E-state index in [1.807, 2.05) is 36.4 Å². The summed E-state index contributed by atoms with van der Waals surface area (Å²) in [7, 11) is 0. The third kappa shape index (κ3) is 3.76. The molecule has 0 spiro atoms. The summed E-state index contributed by atoms with van der Waals surface area (Å²) in [5.41, 5.74) is 2.07. The van der Waals surface area contributed by atoms with E-state index in [0.29, 0.717) is 18.3 Å². The molecule has 2 aromatic rings. The third-order valence-corrected chi connectivity index (χ3v) is 4.87. The van der Waals surface area contributed by atoms with E-state index in [0.717, 1.165) is 30.3 Å². The molecule has 2 aliphatic heterocycles. The van der Waals surface area contributed by atoms with Crippen LogP contribution >= 0.6 is 12.2 Å². The maximum Gasteiger partial charge on any atom is 0.173 e. The van der Waals surface area contributed by atoms with Crippen molar-refractivity contribution in [2.24, 2.45) is 0 Å². The highest BCUT2D eigenvalue weighted by Gasteiger charge is 2.28. The number of nitrogens with zero attached hydrogens (tertiary/aromatic N) is 1. The molecule has 26 heavy (non-hydrogen) atoms. The van der Waals surface area contributed by atoms with E-state index in [4.69, 9.17) is 26.4 Å². The lowest BCUT2D eigenvalue weighted by Crippen LogP contribution is -2.47. The predicted molar refractivity (Wildman–Crippen MR) is 105 cm³/mol. The lowest BCUT2D eigenvalue weighted by Gasteiger charge is -2.38. The van der Waals surface area contributed by atoms with Gasteiger partial charge in [0.1, 0.15) is 19.3 Å². The van der Waals surface area contributed by atoms with Gasteiger partial charge < -0.3 is 24.4 Å². The quantitative estimate of drug-likeness (QED) is 0.815. The maximum absolute atomic E-state index is 6.11. The lowest BCUT2D eigenvalue weighted by molar-refractivity contribution is -0.0589. The summed E-state index contributed by atoms with van der Waals surface area (Å²) in [5, 5.41) is 4.01. The maximum atomic E-state index is 6.11. The van der Waals surface area contributed by atoms with Crippen molar-refractivity contribution in [3.63, 3.8) is 0 Å².